The number of anilines is 1. The van der Waals surface area contributed by atoms with Gasteiger partial charge >= 0.3 is 0 Å². The Balaban J connectivity index is 2.05. The molecule has 1 aliphatic carbocycles. The van der Waals surface area contributed by atoms with E-state index in [9.17, 15) is 9.18 Å². The first-order valence-electron chi connectivity index (χ1n) is 5.59. The molecule has 1 fully saturated rings. The summed E-state index contributed by atoms with van der Waals surface area (Å²) in [5.41, 5.74) is 6.31. The van der Waals surface area contributed by atoms with E-state index in [1.54, 1.807) is 12.1 Å². The largest absolute Gasteiger partial charge is 0.327 e. The van der Waals surface area contributed by atoms with Gasteiger partial charge in [-0.25, -0.2) is 4.39 Å². The maximum atomic E-state index is 13.3. The zero-order valence-electron chi connectivity index (χ0n) is 9.25. The van der Waals surface area contributed by atoms with Crippen molar-refractivity contribution in [2.45, 2.75) is 25.3 Å². The number of rotatable bonds is 2. The molecule has 17 heavy (non-hydrogen) atoms. The Kier molecular flexibility index (Phi) is 3.79. The summed E-state index contributed by atoms with van der Waals surface area (Å²) in [5.74, 6) is -0.656. The quantitative estimate of drug-likeness (QED) is 0.882. The molecule has 92 valence electrons. The van der Waals surface area contributed by atoms with Gasteiger partial charge in [-0.1, -0.05) is 6.42 Å². The summed E-state index contributed by atoms with van der Waals surface area (Å²) in [4.78, 5) is 11.9. The van der Waals surface area contributed by atoms with E-state index in [-0.39, 0.29) is 17.9 Å². The summed E-state index contributed by atoms with van der Waals surface area (Å²) < 4.78 is 13.6. The van der Waals surface area contributed by atoms with E-state index in [0.29, 0.717) is 10.2 Å². The van der Waals surface area contributed by atoms with Crippen molar-refractivity contribution in [1.29, 1.82) is 0 Å². The van der Waals surface area contributed by atoms with Gasteiger partial charge in [-0.05, 0) is 47.0 Å². The van der Waals surface area contributed by atoms with Crippen LogP contribution in [0, 0.1) is 11.7 Å². The van der Waals surface area contributed by atoms with Crippen LogP contribution in [0.3, 0.4) is 0 Å². The Morgan fingerprint density at radius 2 is 2.24 bits per heavy atom. The molecular formula is C12H14BrFN2O. The van der Waals surface area contributed by atoms with Crippen LogP contribution < -0.4 is 11.1 Å². The molecule has 0 radical (unpaired) electrons. The van der Waals surface area contributed by atoms with E-state index in [1.807, 2.05) is 0 Å². The van der Waals surface area contributed by atoms with Gasteiger partial charge in [0, 0.05) is 11.7 Å². The lowest BCUT2D eigenvalue weighted by Gasteiger charge is -2.15. The third kappa shape index (κ3) is 2.84. The van der Waals surface area contributed by atoms with Crippen molar-refractivity contribution in [2.24, 2.45) is 11.7 Å². The SMILES string of the molecule is NC1CCCC1C(=O)Nc1ccc(Br)c(F)c1. The fraction of sp³-hybridized carbons (Fsp3) is 0.417. The third-order valence-electron chi connectivity index (χ3n) is 3.09. The van der Waals surface area contributed by atoms with Crippen LogP contribution in [0.4, 0.5) is 10.1 Å². The van der Waals surface area contributed by atoms with Gasteiger partial charge in [0.05, 0.1) is 10.4 Å². The Morgan fingerprint density at radius 1 is 1.47 bits per heavy atom. The van der Waals surface area contributed by atoms with Crippen LogP contribution in [0.1, 0.15) is 19.3 Å². The summed E-state index contributed by atoms with van der Waals surface area (Å²) in [6.07, 6.45) is 2.67. The monoisotopic (exact) mass is 300 g/mol. The number of carbonyl (C=O) groups is 1. The molecular weight excluding hydrogens is 287 g/mol. The summed E-state index contributed by atoms with van der Waals surface area (Å²) in [5, 5.41) is 2.70. The second kappa shape index (κ2) is 5.14. The van der Waals surface area contributed by atoms with Crippen molar-refractivity contribution in [3.8, 4) is 0 Å². The van der Waals surface area contributed by atoms with Crippen LogP contribution in [0.5, 0.6) is 0 Å². The summed E-state index contributed by atoms with van der Waals surface area (Å²) in [6.45, 7) is 0. The molecule has 1 aromatic carbocycles. The fourth-order valence-corrected chi connectivity index (χ4v) is 2.37. The van der Waals surface area contributed by atoms with Crippen LogP contribution in [-0.2, 0) is 4.79 Å². The molecule has 0 aromatic heterocycles. The molecule has 0 bridgehead atoms. The van der Waals surface area contributed by atoms with Crippen LogP contribution in [0.2, 0.25) is 0 Å². The smallest absolute Gasteiger partial charge is 0.229 e. The van der Waals surface area contributed by atoms with E-state index in [2.05, 4.69) is 21.2 Å². The minimum absolute atomic E-state index is 0.0738. The van der Waals surface area contributed by atoms with Crippen molar-refractivity contribution in [3.05, 3.63) is 28.5 Å². The van der Waals surface area contributed by atoms with E-state index in [1.165, 1.54) is 6.07 Å². The Morgan fingerprint density at radius 3 is 2.82 bits per heavy atom. The lowest BCUT2D eigenvalue weighted by molar-refractivity contribution is -0.120. The Bertz CT molecular complexity index is 439. The third-order valence-corrected chi connectivity index (χ3v) is 3.74. The van der Waals surface area contributed by atoms with E-state index < -0.39 is 5.82 Å². The normalized spacial score (nSPS) is 23.7. The number of nitrogens with one attached hydrogen (secondary N) is 1. The minimum atomic E-state index is -0.390. The molecule has 1 aromatic rings. The summed E-state index contributed by atoms with van der Waals surface area (Å²) >= 11 is 3.06. The van der Waals surface area contributed by atoms with Crippen LogP contribution in [0.25, 0.3) is 0 Å². The number of halogens is 2. The maximum Gasteiger partial charge on any atom is 0.229 e. The van der Waals surface area contributed by atoms with E-state index >= 15 is 0 Å². The standard InChI is InChI=1S/C12H14BrFN2O/c13-9-5-4-7(6-10(9)14)16-12(17)8-2-1-3-11(8)15/h4-6,8,11H,1-3,15H2,(H,16,17). The van der Waals surface area contributed by atoms with Gasteiger partial charge in [-0.3, -0.25) is 4.79 Å². The van der Waals surface area contributed by atoms with E-state index in [0.717, 1.165) is 19.3 Å². The lowest BCUT2D eigenvalue weighted by Crippen LogP contribution is -2.34. The van der Waals surface area contributed by atoms with Gasteiger partial charge < -0.3 is 11.1 Å². The molecule has 5 heteroatoms. The van der Waals surface area contributed by atoms with E-state index in [4.69, 9.17) is 5.73 Å². The summed E-state index contributed by atoms with van der Waals surface area (Å²) in [6, 6.07) is 4.45. The molecule has 3 N–H and O–H groups in total. The van der Waals surface area contributed by atoms with Crippen molar-refractivity contribution >= 4 is 27.5 Å². The van der Waals surface area contributed by atoms with Crippen LogP contribution in [0.15, 0.2) is 22.7 Å². The number of hydrogen-bond donors (Lipinski definition) is 2. The predicted molar refractivity (Wildman–Crippen MR) is 68.0 cm³/mol. The number of nitrogens with two attached hydrogens (primary N) is 1. The highest BCUT2D eigenvalue weighted by molar-refractivity contribution is 9.10. The average molecular weight is 301 g/mol. The zero-order chi connectivity index (χ0) is 12.4. The van der Waals surface area contributed by atoms with Crippen molar-refractivity contribution in [3.63, 3.8) is 0 Å². The second-order valence-electron chi connectivity index (χ2n) is 4.32. The van der Waals surface area contributed by atoms with Crippen molar-refractivity contribution in [1.82, 2.24) is 0 Å². The second-order valence-corrected chi connectivity index (χ2v) is 5.17. The molecule has 2 unspecified atom stereocenters. The molecule has 0 saturated heterocycles. The van der Waals surface area contributed by atoms with Gasteiger partial charge in [0.25, 0.3) is 0 Å². The fourth-order valence-electron chi connectivity index (χ4n) is 2.12. The Labute approximate surface area is 108 Å². The first-order chi connectivity index (χ1) is 8.08. The molecule has 1 aliphatic rings. The van der Waals surface area contributed by atoms with Gasteiger partial charge in [-0.2, -0.15) is 0 Å². The van der Waals surface area contributed by atoms with Gasteiger partial charge in [-0.15, -0.1) is 0 Å². The van der Waals surface area contributed by atoms with Crippen LogP contribution in [-0.4, -0.2) is 11.9 Å². The number of amides is 1. The highest BCUT2D eigenvalue weighted by Crippen LogP contribution is 2.26. The average Bonchev–Trinajstić information content (AvgIpc) is 2.70. The molecule has 2 rings (SSSR count). The number of benzene rings is 1. The molecule has 1 amide bonds. The molecule has 1 saturated carbocycles. The topological polar surface area (TPSA) is 55.1 Å². The Hall–Kier alpha value is -0.940. The molecule has 3 nitrogen and oxygen atoms in total. The van der Waals surface area contributed by atoms with Gasteiger partial charge in [0.15, 0.2) is 0 Å². The molecule has 0 aliphatic heterocycles. The van der Waals surface area contributed by atoms with Gasteiger partial charge in [0.2, 0.25) is 5.91 Å². The molecule has 0 heterocycles. The molecule has 2 atom stereocenters. The zero-order valence-corrected chi connectivity index (χ0v) is 10.8. The number of carbonyl (C=O) groups excluding carboxylic acids is 1. The highest BCUT2D eigenvalue weighted by Gasteiger charge is 2.30. The predicted octanol–water partition coefficient (Wildman–Crippen LogP) is 2.65. The summed E-state index contributed by atoms with van der Waals surface area (Å²) in [7, 11) is 0. The van der Waals surface area contributed by atoms with Crippen molar-refractivity contribution < 1.29 is 9.18 Å². The highest BCUT2D eigenvalue weighted by atomic mass is 79.9. The maximum absolute atomic E-state index is 13.3. The first kappa shape index (κ1) is 12.5. The molecule has 0 spiro atoms. The van der Waals surface area contributed by atoms with Gasteiger partial charge in [0.1, 0.15) is 5.82 Å². The first-order valence-corrected chi connectivity index (χ1v) is 6.38. The minimum Gasteiger partial charge on any atom is -0.327 e. The number of hydrogen-bond acceptors (Lipinski definition) is 2. The lowest BCUT2D eigenvalue weighted by atomic mass is 10.0. The van der Waals surface area contributed by atoms with Crippen molar-refractivity contribution in [2.75, 3.05) is 5.32 Å². The van der Waals surface area contributed by atoms with Crippen LogP contribution >= 0.6 is 15.9 Å².